The van der Waals surface area contributed by atoms with Gasteiger partial charge in [-0.2, -0.15) is 0 Å². The predicted molar refractivity (Wildman–Crippen MR) is 129 cm³/mol. The van der Waals surface area contributed by atoms with Crippen LogP contribution in [0.15, 0.2) is 71.5 Å². The number of fused-ring (bicyclic) bond motifs is 1. The highest BCUT2D eigenvalue weighted by Gasteiger charge is 2.13. The van der Waals surface area contributed by atoms with E-state index in [-0.39, 0.29) is 5.56 Å². The van der Waals surface area contributed by atoms with Crippen molar-refractivity contribution >= 4 is 10.9 Å². The first-order valence-electron chi connectivity index (χ1n) is 10.9. The molecule has 0 atom stereocenters. The molecule has 4 aromatic rings. The van der Waals surface area contributed by atoms with Gasteiger partial charge in [-0.1, -0.05) is 24.3 Å². The van der Waals surface area contributed by atoms with Gasteiger partial charge in [0.1, 0.15) is 17.3 Å². The molecule has 0 N–H and O–H groups in total. The minimum atomic E-state index is -0.0168. The number of benzene rings is 3. The van der Waals surface area contributed by atoms with Crippen LogP contribution in [0.4, 0.5) is 0 Å². The number of nitrogens with zero attached hydrogens (tertiary/aromatic N) is 2. The van der Waals surface area contributed by atoms with Gasteiger partial charge in [0.05, 0.1) is 24.6 Å². The SMILES string of the molecule is COc1ccc(-c2nc3ccccc3c(=O)n2CCCCOc2cccc(C)c2C)cc1. The summed E-state index contributed by atoms with van der Waals surface area (Å²) in [6, 6.07) is 21.3. The van der Waals surface area contributed by atoms with E-state index in [4.69, 9.17) is 14.5 Å². The van der Waals surface area contributed by atoms with Crippen LogP contribution in [0.3, 0.4) is 0 Å². The second-order valence-electron chi connectivity index (χ2n) is 7.89. The molecule has 0 aliphatic carbocycles. The fraction of sp³-hybridized carbons (Fsp3) is 0.259. The Labute approximate surface area is 188 Å². The summed E-state index contributed by atoms with van der Waals surface area (Å²) in [6.07, 6.45) is 1.66. The highest BCUT2D eigenvalue weighted by molar-refractivity contribution is 5.79. The zero-order valence-corrected chi connectivity index (χ0v) is 18.8. The lowest BCUT2D eigenvalue weighted by molar-refractivity contribution is 0.301. The Balaban J connectivity index is 1.54. The van der Waals surface area contributed by atoms with Gasteiger partial charge < -0.3 is 9.47 Å². The molecule has 0 radical (unpaired) electrons. The molecule has 4 rings (SSSR count). The molecule has 0 saturated heterocycles. The number of methoxy groups -OCH3 is 1. The summed E-state index contributed by atoms with van der Waals surface area (Å²) in [6.45, 7) is 5.35. The number of aromatic nitrogens is 2. The summed E-state index contributed by atoms with van der Waals surface area (Å²) >= 11 is 0. The standard InChI is InChI=1S/C27H28N2O3/c1-19-9-8-12-25(20(19)2)32-18-7-6-17-29-26(21-13-15-22(31-3)16-14-21)28-24-11-5-4-10-23(24)27(29)30/h4-5,8-16H,6-7,17-18H2,1-3H3. The van der Waals surface area contributed by atoms with E-state index in [0.717, 1.165) is 29.9 Å². The number of unbranched alkanes of at least 4 members (excludes halogenated alkanes) is 1. The van der Waals surface area contributed by atoms with E-state index < -0.39 is 0 Å². The van der Waals surface area contributed by atoms with Gasteiger partial charge in [-0.3, -0.25) is 9.36 Å². The smallest absolute Gasteiger partial charge is 0.261 e. The molecule has 3 aromatic carbocycles. The largest absolute Gasteiger partial charge is 0.497 e. The van der Waals surface area contributed by atoms with Gasteiger partial charge in [0.2, 0.25) is 0 Å². The first-order chi connectivity index (χ1) is 15.6. The summed E-state index contributed by atoms with van der Waals surface area (Å²) in [4.78, 5) is 18.1. The van der Waals surface area contributed by atoms with Crippen molar-refractivity contribution in [2.75, 3.05) is 13.7 Å². The molecular formula is C27H28N2O3. The normalized spacial score (nSPS) is 11.0. The molecule has 0 unspecified atom stereocenters. The first kappa shape index (κ1) is 21.6. The van der Waals surface area contributed by atoms with Crippen molar-refractivity contribution in [1.29, 1.82) is 0 Å². The predicted octanol–water partition coefficient (Wildman–Crippen LogP) is 5.55. The van der Waals surface area contributed by atoms with Gasteiger partial charge >= 0.3 is 0 Å². The van der Waals surface area contributed by atoms with E-state index in [2.05, 4.69) is 19.9 Å². The van der Waals surface area contributed by atoms with Crippen LogP contribution in [0.2, 0.25) is 0 Å². The van der Waals surface area contributed by atoms with E-state index in [1.165, 1.54) is 11.1 Å². The van der Waals surface area contributed by atoms with Gasteiger partial charge in [0, 0.05) is 12.1 Å². The van der Waals surface area contributed by atoms with Gasteiger partial charge in [-0.05, 0) is 80.3 Å². The van der Waals surface area contributed by atoms with Gasteiger partial charge in [0.25, 0.3) is 5.56 Å². The number of para-hydroxylation sites is 1. The number of hydrogen-bond acceptors (Lipinski definition) is 4. The molecule has 5 heteroatoms. The number of aryl methyl sites for hydroxylation is 1. The van der Waals surface area contributed by atoms with Crippen molar-refractivity contribution in [3.63, 3.8) is 0 Å². The summed E-state index contributed by atoms with van der Waals surface area (Å²) < 4.78 is 13.0. The van der Waals surface area contributed by atoms with Crippen molar-refractivity contribution in [2.24, 2.45) is 0 Å². The molecule has 0 saturated carbocycles. The number of hydrogen-bond donors (Lipinski definition) is 0. The van der Waals surface area contributed by atoms with Crippen LogP contribution in [-0.4, -0.2) is 23.3 Å². The topological polar surface area (TPSA) is 53.3 Å². The average Bonchev–Trinajstić information content (AvgIpc) is 2.82. The highest BCUT2D eigenvalue weighted by Crippen LogP contribution is 2.23. The van der Waals surface area contributed by atoms with Crippen molar-refractivity contribution in [3.05, 3.63) is 88.2 Å². The Morgan fingerprint density at radius 2 is 1.69 bits per heavy atom. The maximum absolute atomic E-state index is 13.3. The van der Waals surface area contributed by atoms with Crippen LogP contribution >= 0.6 is 0 Å². The quantitative estimate of drug-likeness (QED) is 0.345. The molecule has 5 nitrogen and oxygen atoms in total. The maximum Gasteiger partial charge on any atom is 0.261 e. The van der Waals surface area contributed by atoms with E-state index in [9.17, 15) is 4.79 Å². The molecular weight excluding hydrogens is 400 g/mol. The van der Waals surface area contributed by atoms with E-state index in [1.807, 2.05) is 60.7 Å². The molecule has 1 heterocycles. The minimum absolute atomic E-state index is 0.0168. The monoisotopic (exact) mass is 428 g/mol. The lowest BCUT2D eigenvalue weighted by Crippen LogP contribution is -2.24. The molecule has 0 spiro atoms. The lowest BCUT2D eigenvalue weighted by atomic mass is 10.1. The Morgan fingerprint density at radius 1 is 0.906 bits per heavy atom. The summed E-state index contributed by atoms with van der Waals surface area (Å²) in [5.74, 6) is 2.37. The van der Waals surface area contributed by atoms with Crippen LogP contribution in [0.1, 0.15) is 24.0 Å². The van der Waals surface area contributed by atoms with E-state index in [1.54, 1.807) is 11.7 Å². The fourth-order valence-electron chi connectivity index (χ4n) is 3.77. The number of ether oxygens (including phenoxy) is 2. The molecule has 0 aliphatic rings. The Hall–Kier alpha value is -3.60. The molecule has 32 heavy (non-hydrogen) atoms. The third kappa shape index (κ3) is 4.52. The van der Waals surface area contributed by atoms with Crippen molar-refractivity contribution in [3.8, 4) is 22.9 Å². The third-order valence-electron chi connectivity index (χ3n) is 5.80. The van der Waals surface area contributed by atoms with Gasteiger partial charge in [0.15, 0.2) is 0 Å². The zero-order valence-electron chi connectivity index (χ0n) is 18.8. The highest BCUT2D eigenvalue weighted by atomic mass is 16.5. The van der Waals surface area contributed by atoms with Crippen LogP contribution in [-0.2, 0) is 6.54 Å². The molecule has 164 valence electrons. The molecule has 0 bridgehead atoms. The van der Waals surface area contributed by atoms with Crippen molar-refractivity contribution in [2.45, 2.75) is 33.2 Å². The van der Waals surface area contributed by atoms with Crippen molar-refractivity contribution in [1.82, 2.24) is 9.55 Å². The average molecular weight is 429 g/mol. The second-order valence-corrected chi connectivity index (χ2v) is 7.89. The fourth-order valence-corrected chi connectivity index (χ4v) is 3.77. The van der Waals surface area contributed by atoms with Crippen LogP contribution in [0.5, 0.6) is 11.5 Å². The van der Waals surface area contributed by atoms with Gasteiger partial charge in [-0.15, -0.1) is 0 Å². The summed E-state index contributed by atoms with van der Waals surface area (Å²) in [5, 5.41) is 0.636. The van der Waals surface area contributed by atoms with E-state index >= 15 is 0 Å². The Bertz CT molecular complexity index is 1280. The lowest BCUT2D eigenvalue weighted by Gasteiger charge is -2.15. The Morgan fingerprint density at radius 3 is 2.47 bits per heavy atom. The van der Waals surface area contributed by atoms with Crippen LogP contribution in [0, 0.1) is 13.8 Å². The molecule has 0 fully saturated rings. The Kier molecular flexibility index (Phi) is 6.55. The summed E-state index contributed by atoms with van der Waals surface area (Å²) in [5.41, 5.74) is 3.97. The molecule has 0 aliphatic heterocycles. The molecule has 0 amide bonds. The first-order valence-corrected chi connectivity index (χ1v) is 10.9. The minimum Gasteiger partial charge on any atom is -0.497 e. The van der Waals surface area contributed by atoms with Crippen LogP contribution in [0.25, 0.3) is 22.3 Å². The van der Waals surface area contributed by atoms with Crippen molar-refractivity contribution < 1.29 is 9.47 Å². The third-order valence-corrected chi connectivity index (χ3v) is 5.80. The molecule has 1 aromatic heterocycles. The maximum atomic E-state index is 13.3. The number of rotatable bonds is 8. The summed E-state index contributed by atoms with van der Waals surface area (Å²) in [7, 11) is 1.64. The van der Waals surface area contributed by atoms with E-state index in [0.29, 0.717) is 29.9 Å². The van der Waals surface area contributed by atoms with Gasteiger partial charge in [-0.25, -0.2) is 4.98 Å². The second kappa shape index (κ2) is 9.69. The van der Waals surface area contributed by atoms with Crippen LogP contribution < -0.4 is 15.0 Å². The zero-order chi connectivity index (χ0) is 22.5.